The summed E-state index contributed by atoms with van der Waals surface area (Å²) < 4.78 is 5.74. The van der Waals surface area contributed by atoms with E-state index in [1.807, 2.05) is 47.4 Å². The van der Waals surface area contributed by atoms with Gasteiger partial charge in [-0.25, -0.2) is 0 Å². The fraction of sp³-hybridized carbons (Fsp3) is 0.278. The summed E-state index contributed by atoms with van der Waals surface area (Å²) in [4.78, 5) is 17.0. The van der Waals surface area contributed by atoms with Gasteiger partial charge >= 0.3 is 0 Å². The molecule has 0 aliphatic carbocycles. The third kappa shape index (κ3) is 2.63. The van der Waals surface area contributed by atoms with Gasteiger partial charge in [0, 0.05) is 18.1 Å². The molecule has 4 nitrogen and oxygen atoms in total. The predicted molar refractivity (Wildman–Crippen MR) is 91.7 cm³/mol. The van der Waals surface area contributed by atoms with E-state index >= 15 is 0 Å². The molecule has 0 fully saturated rings. The molecule has 0 spiro atoms. The summed E-state index contributed by atoms with van der Waals surface area (Å²) in [5.74, 6) is 0.958. The zero-order valence-corrected chi connectivity index (χ0v) is 13.4. The van der Waals surface area contributed by atoms with Crippen LogP contribution in [0.25, 0.3) is 0 Å². The molecule has 0 saturated carbocycles. The minimum Gasteiger partial charge on any atom is -0.489 e. The number of anilines is 2. The van der Waals surface area contributed by atoms with E-state index in [1.165, 1.54) is 0 Å². The third-order valence-electron chi connectivity index (χ3n) is 4.34. The van der Waals surface area contributed by atoms with Crippen LogP contribution in [0.1, 0.15) is 5.56 Å². The molecule has 0 radical (unpaired) electrons. The molecule has 1 amide bonds. The Morgan fingerprint density at radius 1 is 1.13 bits per heavy atom. The first-order valence-electron chi connectivity index (χ1n) is 7.78. The van der Waals surface area contributed by atoms with Gasteiger partial charge in [-0.1, -0.05) is 29.8 Å². The highest BCUT2D eigenvalue weighted by atomic mass is 35.5. The largest absolute Gasteiger partial charge is 0.489 e. The average molecular weight is 329 g/mol. The number of amides is 1. The minimum atomic E-state index is 0.0888. The Balaban J connectivity index is 1.64. The van der Waals surface area contributed by atoms with Crippen molar-refractivity contribution in [2.45, 2.75) is 6.42 Å². The summed E-state index contributed by atoms with van der Waals surface area (Å²) in [7, 11) is 0. The highest BCUT2D eigenvalue weighted by molar-refractivity contribution is 6.30. The molecule has 0 aromatic heterocycles. The quantitative estimate of drug-likeness (QED) is 0.849. The van der Waals surface area contributed by atoms with Gasteiger partial charge in [-0.2, -0.15) is 0 Å². The van der Waals surface area contributed by atoms with Gasteiger partial charge in [-0.15, -0.1) is 0 Å². The molecule has 23 heavy (non-hydrogen) atoms. The van der Waals surface area contributed by atoms with Gasteiger partial charge in [0.05, 0.1) is 18.7 Å². The highest BCUT2D eigenvalue weighted by Crippen LogP contribution is 2.42. The van der Waals surface area contributed by atoms with Crippen molar-refractivity contribution in [2.24, 2.45) is 0 Å². The van der Waals surface area contributed by atoms with Crippen molar-refractivity contribution < 1.29 is 9.53 Å². The number of ether oxygens (including phenoxy) is 1. The molecule has 0 atom stereocenters. The molecule has 0 unspecified atom stereocenters. The van der Waals surface area contributed by atoms with Crippen LogP contribution in [0.5, 0.6) is 5.75 Å². The normalized spacial score (nSPS) is 15.9. The zero-order valence-electron chi connectivity index (χ0n) is 12.7. The number of rotatable bonds is 2. The molecule has 5 heteroatoms. The van der Waals surface area contributed by atoms with Crippen molar-refractivity contribution in [3.63, 3.8) is 0 Å². The molecular formula is C18H17ClN2O2. The van der Waals surface area contributed by atoms with Gasteiger partial charge < -0.3 is 14.5 Å². The lowest BCUT2D eigenvalue weighted by atomic mass is 10.1. The SMILES string of the molecule is O=C(Cc1cccc(Cl)c1)N1CCN2CCOc3cccc1c32. The Hall–Kier alpha value is -2.20. The molecule has 2 aromatic rings. The van der Waals surface area contributed by atoms with Gasteiger partial charge in [0.15, 0.2) is 0 Å². The molecule has 2 heterocycles. The van der Waals surface area contributed by atoms with Crippen molar-refractivity contribution in [2.75, 3.05) is 36.0 Å². The molecule has 2 aliphatic heterocycles. The Labute approximate surface area is 140 Å². The predicted octanol–water partition coefficient (Wildman–Crippen LogP) is 3.13. The summed E-state index contributed by atoms with van der Waals surface area (Å²) in [6, 6.07) is 13.4. The molecule has 0 bridgehead atoms. The van der Waals surface area contributed by atoms with E-state index in [2.05, 4.69) is 4.90 Å². The number of halogens is 1. The van der Waals surface area contributed by atoms with Crippen LogP contribution in [0.15, 0.2) is 42.5 Å². The van der Waals surface area contributed by atoms with Crippen molar-refractivity contribution in [3.05, 3.63) is 53.1 Å². The molecule has 2 aliphatic rings. The van der Waals surface area contributed by atoms with E-state index in [4.69, 9.17) is 16.3 Å². The van der Waals surface area contributed by atoms with E-state index in [0.717, 1.165) is 35.8 Å². The van der Waals surface area contributed by atoms with Crippen LogP contribution in [-0.4, -0.2) is 32.1 Å². The first kappa shape index (κ1) is 14.4. The molecule has 4 rings (SSSR count). The number of benzene rings is 2. The Kier molecular flexibility index (Phi) is 3.62. The van der Waals surface area contributed by atoms with Crippen LogP contribution in [0, 0.1) is 0 Å². The molecular weight excluding hydrogens is 312 g/mol. The van der Waals surface area contributed by atoms with Crippen LogP contribution >= 0.6 is 11.6 Å². The number of para-hydroxylation sites is 1. The number of hydrogen-bond donors (Lipinski definition) is 0. The molecule has 2 aromatic carbocycles. The topological polar surface area (TPSA) is 32.8 Å². The highest BCUT2D eigenvalue weighted by Gasteiger charge is 2.31. The Bertz CT molecular complexity index is 762. The number of carbonyl (C=O) groups is 1. The summed E-state index contributed by atoms with van der Waals surface area (Å²) in [5.41, 5.74) is 2.93. The number of carbonyl (C=O) groups excluding carboxylic acids is 1. The molecule has 0 saturated heterocycles. The van der Waals surface area contributed by atoms with E-state index < -0.39 is 0 Å². The van der Waals surface area contributed by atoms with Crippen molar-refractivity contribution in [1.29, 1.82) is 0 Å². The Morgan fingerprint density at radius 2 is 2.00 bits per heavy atom. The van der Waals surface area contributed by atoms with E-state index in [-0.39, 0.29) is 5.91 Å². The second kappa shape index (κ2) is 5.78. The lowest BCUT2D eigenvalue weighted by Gasteiger charge is -2.41. The van der Waals surface area contributed by atoms with Crippen molar-refractivity contribution in [3.8, 4) is 5.75 Å². The van der Waals surface area contributed by atoms with E-state index in [1.54, 1.807) is 0 Å². The summed E-state index contributed by atoms with van der Waals surface area (Å²) in [6.45, 7) is 3.12. The summed E-state index contributed by atoms with van der Waals surface area (Å²) in [6.07, 6.45) is 0.352. The van der Waals surface area contributed by atoms with E-state index in [0.29, 0.717) is 24.6 Å². The van der Waals surface area contributed by atoms with Crippen LogP contribution < -0.4 is 14.5 Å². The van der Waals surface area contributed by atoms with Crippen molar-refractivity contribution in [1.82, 2.24) is 0 Å². The van der Waals surface area contributed by atoms with Gasteiger partial charge in [-0.3, -0.25) is 4.79 Å². The second-order valence-corrected chi connectivity index (χ2v) is 6.25. The summed E-state index contributed by atoms with van der Waals surface area (Å²) in [5, 5.41) is 0.658. The van der Waals surface area contributed by atoms with Gasteiger partial charge in [0.2, 0.25) is 5.91 Å². The second-order valence-electron chi connectivity index (χ2n) is 5.81. The van der Waals surface area contributed by atoms with E-state index in [9.17, 15) is 4.79 Å². The average Bonchev–Trinajstić information content (AvgIpc) is 2.56. The molecule has 0 N–H and O–H groups in total. The third-order valence-corrected chi connectivity index (χ3v) is 4.58. The fourth-order valence-corrected chi connectivity index (χ4v) is 3.49. The van der Waals surface area contributed by atoms with Gasteiger partial charge in [0.25, 0.3) is 0 Å². The standard InChI is InChI=1S/C18H17ClN2O2/c19-14-4-1-3-13(11-14)12-17(22)21-8-7-20-9-10-23-16-6-2-5-15(21)18(16)20/h1-6,11H,7-10,12H2. The number of hydrogen-bond acceptors (Lipinski definition) is 3. The van der Waals surface area contributed by atoms with Crippen LogP contribution in [0.2, 0.25) is 5.02 Å². The maximum atomic E-state index is 12.8. The minimum absolute atomic E-state index is 0.0888. The van der Waals surface area contributed by atoms with Crippen LogP contribution in [0.4, 0.5) is 11.4 Å². The number of nitrogens with zero attached hydrogens (tertiary/aromatic N) is 2. The zero-order chi connectivity index (χ0) is 15.8. The first-order chi connectivity index (χ1) is 11.2. The fourth-order valence-electron chi connectivity index (χ4n) is 3.28. The monoisotopic (exact) mass is 328 g/mol. The Morgan fingerprint density at radius 3 is 2.87 bits per heavy atom. The van der Waals surface area contributed by atoms with Crippen LogP contribution in [-0.2, 0) is 11.2 Å². The lowest BCUT2D eigenvalue weighted by molar-refractivity contribution is -0.118. The van der Waals surface area contributed by atoms with Gasteiger partial charge in [-0.05, 0) is 29.8 Å². The lowest BCUT2D eigenvalue weighted by Crippen LogP contribution is -2.47. The summed E-state index contributed by atoms with van der Waals surface area (Å²) >= 11 is 6.01. The molecule has 118 valence electrons. The van der Waals surface area contributed by atoms with Crippen molar-refractivity contribution >= 4 is 28.9 Å². The van der Waals surface area contributed by atoms with Crippen LogP contribution in [0.3, 0.4) is 0 Å². The first-order valence-corrected chi connectivity index (χ1v) is 8.16. The smallest absolute Gasteiger partial charge is 0.231 e. The van der Waals surface area contributed by atoms with Gasteiger partial charge in [0.1, 0.15) is 18.0 Å². The maximum absolute atomic E-state index is 12.8. The maximum Gasteiger partial charge on any atom is 0.231 e.